The molecule has 17 heavy (non-hydrogen) atoms. The number of amides is 2. The standard InChI is InChI=1S/C12H23N3O2/c16-12-14-6-7-15(12)8-10-17-9-4-11-3-1-2-5-13-11/h11,13H,1-10H2,(H,14,16). The average Bonchev–Trinajstić information content (AvgIpc) is 2.76. The third kappa shape index (κ3) is 4.16. The molecule has 2 saturated heterocycles. The van der Waals surface area contributed by atoms with Crippen LogP contribution in [0.1, 0.15) is 25.7 Å². The lowest BCUT2D eigenvalue weighted by Crippen LogP contribution is -2.35. The van der Waals surface area contributed by atoms with Gasteiger partial charge in [-0.05, 0) is 25.8 Å². The highest BCUT2D eigenvalue weighted by Gasteiger charge is 2.18. The van der Waals surface area contributed by atoms with Gasteiger partial charge in [0.1, 0.15) is 0 Å². The van der Waals surface area contributed by atoms with Gasteiger partial charge in [-0.25, -0.2) is 4.79 Å². The van der Waals surface area contributed by atoms with Crippen molar-refractivity contribution < 1.29 is 9.53 Å². The van der Waals surface area contributed by atoms with Crippen LogP contribution in [0.4, 0.5) is 4.79 Å². The fourth-order valence-electron chi connectivity index (χ4n) is 2.40. The van der Waals surface area contributed by atoms with Crippen molar-refractivity contribution in [2.45, 2.75) is 31.7 Å². The predicted octanol–water partition coefficient (Wildman–Crippen LogP) is 0.560. The predicted molar refractivity (Wildman–Crippen MR) is 66.0 cm³/mol. The minimum absolute atomic E-state index is 0.0440. The van der Waals surface area contributed by atoms with Crippen molar-refractivity contribution in [1.82, 2.24) is 15.5 Å². The number of carbonyl (C=O) groups excluding carboxylic acids is 1. The quantitative estimate of drug-likeness (QED) is 0.668. The maximum atomic E-state index is 11.2. The fraction of sp³-hybridized carbons (Fsp3) is 0.917. The molecule has 2 rings (SSSR count). The Labute approximate surface area is 103 Å². The summed E-state index contributed by atoms with van der Waals surface area (Å²) in [5, 5.41) is 6.29. The monoisotopic (exact) mass is 241 g/mol. The van der Waals surface area contributed by atoms with Crippen LogP contribution in [-0.4, -0.2) is 56.4 Å². The molecule has 0 aromatic carbocycles. The van der Waals surface area contributed by atoms with Gasteiger partial charge < -0.3 is 20.3 Å². The minimum atomic E-state index is 0.0440. The van der Waals surface area contributed by atoms with Gasteiger partial charge in [-0.15, -0.1) is 0 Å². The zero-order valence-electron chi connectivity index (χ0n) is 10.4. The van der Waals surface area contributed by atoms with E-state index in [0.717, 1.165) is 32.7 Å². The molecule has 0 aromatic heterocycles. The van der Waals surface area contributed by atoms with Gasteiger partial charge in [0, 0.05) is 32.3 Å². The number of piperidine rings is 1. The van der Waals surface area contributed by atoms with Crippen molar-refractivity contribution in [3.05, 3.63) is 0 Å². The van der Waals surface area contributed by atoms with E-state index in [9.17, 15) is 4.79 Å². The highest BCUT2D eigenvalue weighted by Crippen LogP contribution is 2.09. The van der Waals surface area contributed by atoms with Crippen LogP contribution < -0.4 is 10.6 Å². The highest BCUT2D eigenvalue weighted by atomic mass is 16.5. The molecule has 5 heteroatoms. The van der Waals surface area contributed by atoms with E-state index >= 15 is 0 Å². The second-order valence-corrected chi connectivity index (χ2v) is 4.77. The van der Waals surface area contributed by atoms with Crippen molar-refractivity contribution in [3.8, 4) is 0 Å². The fourth-order valence-corrected chi connectivity index (χ4v) is 2.40. The summed E-state index contributed by atoms with van der Waals surface area (Å²) in [6.07, 6.45) is 5.01. The van der Waals surface area contributed by atoms with Crippen molar-refractivity contribution in [3.63, 3.8) is 0 Å². The number of nitrogens with one attached hydrogen (secondary N) is 2. The van der Waals surface area contributed by atoms with Gasteiger partial charge in [0.15, 0.2) is 0 Å². The van der Waals surface area contributed by atoms with Gasteiger partial charge in [-0.2, -0.15) is 0 Å². The van der Waals surface area contributed by atoms with Crippen LogP contribution in [0.3, 0.4) is 0 Å². The van der Waals surface area contributed by atoms with Crippen LogP contribution in [0.2, 0.25) is 0 Å². The summed E-state index contributed by atoms with van der Waals surface area (Å²) in [5.74, 6) is 0. The minimum Gasteiger partial charge on any atom is -0.380 e. The van der Waals surface area contributed by atoms with Crippen molar-refractivity contribution >= 4 is 6.03 Å². The number of ether oxygens (including phenoxy) is 1. The van der Waals surface area contributed by atoms with E-state index in [2.05, 4.69) is 10.6 Å². The maximum Gasteiger partial charge on any atom is 0.317 e. The molecule has 2 N–H and O–H groups in total. The lowest BCUT2D eigenvalue weighted by molar-refractivity contribution is 0.105. The molecule has 0 radical (unpaired) electrons. The molecule has 0 spiro atoms. The number of nitrogens with zero attached hydrogens (tertiary/aromatic N) is 1. The van der Waals surface area contributed by atoms with Gasteiger partial charge in [-0.3, -0.25) is 0 Å². The number of rotatable bonds is 6. The molecule has 2 fully saturated rings. The van der Waals surface area contributed by atoms with E-state index in [1.807, 2.05) is 0 Å². The van der Waals surface area contributed by atoms with Gasteiger partial charge in [-0.1, -0.05) is 6.42 Å². The molecular formula is C12H23N3O2. The first-order valence-electron chi connectivity index (χ1n) is 6.70. The Hall–Kier alpha value is -0.810. The van der Waals surface area contributed by atoms with Crippen LogP contribution in [-0.2, 0) is 4.74 Å². The lowest BCUT2D eigenvalue weighted by Gasteiger charge is -2.23. The lowest BCUT2D eigenvalue weighted by atomic mass is 10.0. The van der Waals surface area contributed by atoms with E-state index in [1.165, 1.54) is 19.3 Å². The van der Waals surface area contributed by atoms with Gasteiger partial charge in [0.2, 0.25) is 0 Å². The topological polar surface area (TPSA) is 53.6 Å². The number of hydrogen-bond donors (Lipinski definition) is 2. The molecule has 5 nitrogen and oxygen atoms in total. The van der Waals surface area contributed by atoms with Gasteiger partial charge in [0.05, 0.1) is 6.61 Å². The van der Waals surface area contributed by atoms with Gasteiger partial charge >= 0.3 is 6.03 Å². The number of hydrogen-bond acceptors (Lipinski definition) is 3. The molecule has 98 valence electrons. The zero-order chi connectivity index (χ0) is 11.9. The molecule has 0 aliphatic carbocycles. The van der Waals surface area contributed by atoms with Crippen molar-refractivity contribution in [1.29, 1.82) is 0 Å². The third-order valence-electron chi connectivity index (χ3n) is 3.47. The molecule has 1 unspecified atom stereocenters. The average molecular weight is 241 g/mol. The largest absolute Gasteiger partial charge is 0.380 e. The first-order chi connectivity index (χ1) is 8.36. The summed E-state index contributed by atoms with van der Waals surface area (Å²) < 4.78 is 5.58. The van der Waals surface area contributed by atoms with Crippen LogP contribution in [0, 0.1) is 0 Å². The molecule has 2 aliphatic rings. The second kappa shape index (κ2) is 6.81. The van der Waals surface area contributed by atoms with Crippen LogP contribution in [0.25, 0.3) is 0 Å². The molecule has 2 heterocycles. The Balaban J connectivity index is 1.47. The molecule has 1 atom stereocenters. The Kier molecular flexibility index (Phi) is 5.07. The Morgan fingerprint density at radius 2 is 2.24 bits per heavy atom. The molecule has 0 aromatic rings. The maximum absolute atomic E-state index is 11.2. The SMILES string of the molecule is O=C1NCCN1CCOCCC1CCCCN1. The first kappa shape index (κ1) is 12.6. The molecule has 2 aliphatic heterocycles. The Morgan fingerprint density at radius 1 is 1.29 bits per heavy atom. The highest BCUT2D eigenvalue weighted by molar-refractivity contribution is 5.76. The van der Waals surface area contributed by atoms with Gasteiger partial charge in [0.25, 0.3) is 0 Å². The summed E-state index contributed by atoms with van der Waals surface area (Å²) in [7, 11) is 0. The second-order valence-electron chi connectivity index (χ2n) is 4.77. The first-order valence-corrected chi connectivity index (χ1v) is 6.70. The zero-order valence-corrected chi connectivity index (χ0v) is 10.4. The van der Waals surface area contributed by atoms with Crippen LogP contribution >= 0.6 is 0 Å². The summed E-state index contributed by atoms with van der Waals surface area (Å²) in [6.45, 7) is 4.90. The normalized spacial score (nSPS) is 25.1. The molecule has 0 saturated carbocycles. The van der Waals surface area contributed by atoms with E-state index in [-0.39, 0.29) is 6.03 Å². The number of urea groups is 1. The van der Waals surface area contributed by atoms with E-state index < -0.39 is 0 Å². The summed E-state index contributed by atoms with van der Waals surface area (Å²) in [6, 6.07) is 0.682. The number of carbonyl (C=O) groups is 1. The Morgan fingerprint density at radius 3 is 2.94 bits per heavy atom. The third-order valence-corrected chi connectivity index (χ3v) is 3.47. The summed E-state index contributed by atoms with van der Waals surface area (Å²) >= 11 is 0. The van der Waals surface area contributed by atoms with Crippen LogP contribution in [0.15, 0.2) is 0 Å². The van der Waals surface area contributed by atoms with Crippen molar-refractivity contribution in [2.75, 3.05) is 39.4 Å². The molecule has 2 amide bonds. The van der Waals surface area contributed by atoms with E-state index in [4.69, 9.17) is 4.74 Å². The summed E-state index contributed by atoms with van der Waals surface area (Å²) in [4.78, 5) is 13.0. The van der Waals surface area contributed by atoms with E-state index in [1.54, 1.807) is 4.90 Å². The van der Waals surface area contributed by atoms with Crippen molar-refractivity contribution in [2.24, 2.45) is 0 Å². The summed E-state index contributed by atoms with van der Waals surface area (Å²) in [5.41, 5.74) is 0. The molecule has 0 bridgehead atoms. The Bertz CT molecular complexity index is 242. The van der Waals surface area contributed by atoms with E-state index in [0.29, 0.717) is 19.2 Å². The van der Waals surface area contributed by atoms with Crippen LogP contribution in [0.5, 0.6) is 0 Å². The molecular weight excluding hydrogens is 218 g/mol. The smallest absolute Gasteiger partial charge is 0.317 e.